The van der Waals surface area contributed by atoms with E-state index in [0.717, 1.165) is 36.2 Å². The molecule has 1 heterocycles. The Hall–Kier alpha value is -3.21. The fourth-order valence-electron chi connectivity index (χ4n) is 3.59. The molecule has 5 nitrogen and oxygen atoms in total. The maximum absolute atomic E-state index is 13.0. The van der Waals surface area contributed by atoms with Gasteiger partial charge in [0.25, 0.3) is 11.8 Å². The highest BCUT2D eigenvalue weighted by molar-refractivity contribution is 6.04. The Morgan fingerprint density at radius 3 is 2.37 bits per heavy atom. The molecule has 0 spiro atoms. The molecule has 0 unspecified atom stereocenters. The minimum atomic E-state index is -0.173. The number of aromatic nitrogens is 2. The Kier molecular flexibility index (Phi) is 6.83. The Labute approximate surface area is 178 Å². The van der Waals surface area contributed by atoms with Gasteiger partial charge < -0.3 is 5.32 Å². The van der Waals surface area contributed by atoms with E-state index >= 15 is 0 Å². The SMILES string of the molecule is CCCCCc1c(C)nn(C(=O)c2ccc(NC(=O)c3cccc(C)c3)cc2)c1C. The number of nitrogens with zero attached hydrogens (tertiary/aromatic N) is 2. The number of carbonyl (C=O) groups is 2. The Bertz CT molecular complexity index is 1050. The first-order valence-corrected chi connectivity index (χ1v) is 10.5. The zero-order valence-electron chi connectivity index (χ0n) is 18.2. The molecular weight excluding hydrogens is 374 g/mol. The third-order valence-corrected chi connectivity index (χ3v) is 5.33. The molecule has 0 bridgehead atoms. The van der Waals surface area contributed by atoms with Crippen molar-refractivity contribution in [3.63, 3.8) is 0 Å². The number of amides is 1. The number of aryl methyl sites for hydroxylation is 2. The van der Waals surface area contributed by atoms with Crippen molar-refractivity contribution in [2.45, 2.75) is 53.4 Å². The number of nitrogens with one attached hydrogen (secondary N) is 1. The molecule has 0 saturated carbocycles. The molecule has 3 rings (SSSR count). The van der Waals surface area contributed by atoms with Gasteiger partial charge in [-0.15, -0.1) is 0 Å². The molecule has 0 atom stereocenters. The van der Waals surface area contributed by atoms with Crippen molar-refractivity contribution in [1.29, 1.82) is 0 Å². The molecule has 1 N–H and O–H groups in total. The molecule has 0 aliphatic heterocycles. The molecule has 0 aliphatic rings. The van der Waals surface area contributed by atoms with Crippen LogP contribution in [0, 0.1) is 20.8 Å². The third kappa shape index (κ3) is 4.85. The summed E-state index contributed by atoms with van der Waals surface area (Å²) in [6.45, 7) is 8.04. The van der Waals surface area contributed by atoms with Crippen molar-refractivity contribution in [2.75, 3.05) is 5.32 Å². The smallest absolute Gasteiger partial charge is 0.278 e. The van der Waals surface area contributed by atoms with Crippen LogP contribution < -0.4 is 5.32 Å². The van der Waals surface area contributed by atoms with E-state index in [1.165, 1.54) is 16.7 Å². The second-order valence-corrected chi connectivity index (χ2v) is 7.72. The van der Waals surface area contributed by atoms with Crippen molar-refractivity contribution in [2.24, 2.45) is 0 Å². The predicted molar refractivity (Wildman–Crippen MR) is 120 cm³/mol. The summed E-state index contributed by atoms with van der Waals surface area (Å²) < 4.78 is 1.50. The number of unbranched alkanes of at least 4 members (excludes halogenated alkanes) is 2. The first kappa shape index (κ1) is 21.5. The van der Waals surface area contributed by atoms with Crippen LogP contribution in [0.15, 0.2) is 48.5 Å². The van der Waals surface area contributed by atoms with E-state index in [-0.39, 0.29) is 11.8 Å². The normalized spacial score (nSPS) is 10.8. The van der Waals surface area contributed by atoms with Gasteiger partial charge in [-0.25, -0.2) is 4.68 Å². The standard InChI is InChI=1S/C25H29N3O2/c1-5-6-7-11-23-18(3)27-28(19(23)4)25(30)20-12-14-22(15-13-20)26-24(29)21-10-8-9-17(2)16-21/h8-10,12-16H,5-7,11H2,1-4H3,(H,26,29). The second-order valence-electron chi connectivity index (χ2n) is 7.72. The van der Waals surface area contributed by atoms with Crippen LogP contribution in [0.25, 0.3) is 0 Å². The first-order valence-electron chi connectivity index (χ1n) is 10.5. The van der Waals surface area contributed by atoms with Crippen molar-refractivity contribution >= 4 is 17.5 Å². The van der Waals surface area contributed by atoms with Gasteiger partial charge in [0.1, 0.15) is 0 Å². The number of rotatable bonds is 7. The average Bonchev–Trinajstić information content (AvgIpc) is 3.02. The van der Waals surface area contributed by atoms with E-state index in [0.29, 0.717) is 16.8 Å². The predicted octanol–water partition coefficient (Wildman–Crippen LogP) is 5.48. The lowest BCUT2D eigenvalue weighted by Crippen LogP contribution is -2.16. The van der Waals surface area contributed by atoms with E-state index in [2.05, 4.69) is 17.3 Å². The van der Waals surface area contributed by atoms with E-state index in [4.69, 9.17) is 0 Å². The molecule has 0 radical (unpaired) electrons. The summed E-state index contributed by atoms with van der Waals surface area (Å²) in [5.74, 6) is -0.332. The molecule has 2 aromatic carbocycles. The summed E-state index contributed by atoms with van der Waals surface area (Å²) in [5.41, 5.74) is 5.81. The molecule has 0 saturated heterocycles. The summed E-state index contributed by atoms with van der Waals surface area (Å²) in [5, 5.41) is 7.35. The topological polar surface area (TPSA) is 64.0 Å². The molecule has 30 heavy (non-hydrogen) atoms. The summed E-state index contributed by atoms with van der Waals surface area (Å²) in [7, 11) is 0. The maximum atomic E-state index is 13.0. The van der Waals surface area contributed by atoms with Crippen molar-refractivity contribution in [3.05, 3.63) is 82.2 Å². The first-order chi connectivity index (χ1) is 14.4. The number of benzene rings is 2. The largest absolute Gasteiger partial charge is 0.322 e. The van der Waals surface area contributed by atoms with Crippen LogP contribution in [0.3, 0.4) is 0 Å². The molecule has 0 fully saturated rings. The Morgan fingerprint density at radius 2 is 1.70 bits per heavy atom. The van der Waals surface area contributed by atoms with Crippen molar-refractivity contribution < 1.29 is 9.59 Å². The highest BCUT2D eigenvalue weighted by Gasteiger charge is 2.18. The van der Waals surface area contributed by atoms with Crippen LogP contribution in [-0.2, 0) is 6.42 Å². The minimum Gasteiger partial charge on any atom is -0.322 e. The lowest BCUT2D eigenvalue weighted by molar-refractivity contribution is 0.0941. The fourth-order valence-corrected chi connectivity index (χ4v) is 3.59. The maximum Gasteiger partial charge on any atom is 0.278 e. The zero-order valence-corrected chi connectivity index (χ0v) is 18.2. The fraction of sp³-hybridized carbons (Fsp3) is 0.320. The lowest BCUT2D eigenvalue weighted by Gasteiger charge is -2.08. The number of hydrogen-bond acceptors (Lipinski definition) is 3. The van der Waals surface area contributed by atoms with Gasteiger partial charge in [0.15, 0.2) is 0 Å². The van der Waals surface area contributed by atoms with Gasteiger partial charge in [-0.3, -0.25) is 9.59 Å². The monoisotopic (exact) mass is 403 g/mol. The van der Waals surface area contributed by atoms with Crippen LogP contribution in [-0.4, -0.2) is 21.6 Å². The Morgan fingerprint density at radius 1 is 0.967 bits per heavy atom. The number of hydrogen-bond donors (Lipinski definition) is 1. The molecule has 1 amide bonds. The highest BCUT2D eigenvalue weighted by atomic mass is 16.2. The van der Waals surface area contributed by atoms with E-state index in [1.807, 2.05) is 39.0 Å². The van der Waals surface area contributed by atoms with E-state index in [9.17, 15) is 9.59 Å². The summed E-state index contributed by atoms with van der Waals surface area (Å²) >= 11 is 0. The lowest BCUT2D eigenvalue weighted by atomic mass is 10.1. The van der Waals surface area contributed by atoms with E-state index < -0.39 is 0 Å². The number of carbonyl (C=O) groups excluding carboxylic acids is 2. The van der Waals surface area contributed by atoms with Crippen molar-refractivity contribution in [1.82, 2.24) is 9.78 Å². The molecular formula is C25H29N3O2. The molecule has 156 valence electrons. The van der Waals surface area contributed by atoms with Gasteiger partial charge in [-0.05, 0) is 75.6 Å². The molecule has 5 heteroatoms. The van der Waals surface area contributed by atoms with Crippen LogP contribution in [0.4, 0.5) is 5.69 Å². The summed E-state index contributed by atoms with van der Waals surface area (Å²) in [6.07, 6.45) is 4.39. The van der Waals surface area contributed by atoms with Gasteiger partial charge in [-0.2, -0.15) is 5.10 Å². The van der Waals surface area contributed by atoms with Crippen LogP contribution in [0.5, 0.6) is 0 Å². The summed E-state index contributed by atoms with van der Waals surface area (Å²) in [4.78, 5) is 25.4. The van der Waals surface area contributed by atoms with Gasteiger partial charge >= 0.3 is 0 Å². The Balaban J connectivity index is 1.72. The van der Waals surface area contributed by atoms with Crippen LogP contribution >= 0.6 is 0 Å². The van der Waals surface area contributed by atoms with Gasteiger partial charge in [0.05, 0.1) is 5.69 Å². The number of anilines is 1. The van der Waals surface area contributed by atoms with Gasteiger partial charge in [0, 0.05) is 22.5 Å². The van der Waals surface area contributed by atoms with Gasteiger partial charge in [-0.1, -0.05) is 37.5 Å². The second kappa shape index (κ2) is 9.53. The average molecular weight is 404 g/mol. The molecule has 0 aliphatic carbocycles. The van der Waals surface area contributed by atoms with Crippen LogP contribution in [0.1, 0.15) is 69.4 Å². The van der Waals surface area contributed by atoms with Crippen LogP contribution in [0.2, 0.25) is 0 Å². The minimum absolute atomic E-state index is 0.158. The van der Waals surface area contributed by atoms with Crippen molar-refractivity contribution in [3.8, 4) is 0 Å². The zero-order chi connectivity index (χ0) is 21.7. The highest BCUT2D eigenvalue weighted by Crippen LogP contribution is 2.19. The third-order valence-electron chi connectivity index (χ3n) is 5.33. The van der Waals surface area contributed by atoms with E-state index in [1.54, 1.807) is 30.3 Å². The quantitative estimate of drug-likeness (QED) is 0.531. The summed E-state index contributed by atoms with van der Waals surface area (Å²) in [6, 6.07) is 14.4. The molecule has 3 aromatic rings. The molecule has 1 aromatic heterocycles. The van der Waals surface area contributed by atoms with Gasteiger partial charge in [0.2, 0.25) is 0 Å².